The van der Waals surface area contributed by atoms with Crippen LogP contribution in [0.25, 0.3) is 0 Å². The summed E-state index contributed by atoms with van der Waals surface area (Å²) in [4.78, 5) is 12.5. The van der Waals surface area contributed by atoms with E-state index in [4.69, 9.17) is 23.2 Å². The maximum absolute atomic E-state index is 12.6. The molecular formula is C19H20Cl2N2O3S. The highest BCUT2D eigenvalue weighted by atomic mass is 35.5. The molecule has 5 nitrogen and oxygen atoms in total. The van der Waals surface area contributed by atoms with E-state index in [0.717, 1.165) is 19.3 Å². The Morgan fingerprint density at radius 2 is 1.56 bits per heavy atom. The van der Waals surface area contributed by atoms with E-state index in [1.54, 1.807) is 30.3 Å². The van der Waals surface area contributed by atoms with Gasteiger partial charge in [0.1, 0.15) is 0 Å². The smallest absolute Gasteiger partial charge is 0.243 e. The third-order valence-corrected chi connectivity index (χ3v) is 7.11. The van der Waals surface area contributed by atoms with Gasteiger partial charge >= 0.3 is 0 Å². The van der Waals surface area contributed by atoms with Crippen molar-refractivity contribution in [3.05, 3.63) is 58.1 Å². The van der Waals surface area contributed by atoms with Crippen LogP contribution in [0.1, 0.15) is 24.8 Å². The van der Waals surface area contributed by atoms with Gasteiger partial charge in [0.05, 0.1) is 11.3 Å². The van der Waals surface area contributed by atoms with Crippen molar-refractivity contribution in [1.29, 1.82) is 0 Å². The molecule has 0 unspecified atom stereocenters. The van der Waals surface area contributed by atoms with Gasteiger partial charge in [-0.15, -0.1) is 0 Å². The fourth-order valence-electron chi connectivity index (χ4n) is 3.03. The van der Waals surface area contributed by atoms with Gasteiger partial charge in [0, 0.05) is 28.8 Å². The van der Waals surface area contributed by atoms with Gasteiger partial charge in [0.15, 0.2) is 0 Å². The maximum atomic E-state index is 12.6. The molecule has 27 heavy (non-hydrogen) atoms. The van der Waals surface area contributed by atoms with Crippen molar-refractivity contribution in [1.82, 2.24) is 4.31 Å². The molecule has 1 fully saturated rings. The van der Waals surface area contributed by atoms with Crippen LogP contribution in [-0.2, 0) is 21.2 Å². The van der Waals surface area contributed by atoms with Crippen molar-refractivity contribution in [2.24, 2.45) is 0 Å². The van der Waals surface area contributed by atoms with Gasteiger partial charge in [-0.05, 0) is 54.8 Å². The first-order chi connectivity index (χ1) is 12.9. The van der Waals surface area contributed by atoms with Gasteiger partial charge in [0.25, 0.3) is 0 Å². The number of halogens is 2. The van der Waals surface area contributed by atoms with Crippen molar-refractivity contribution >= 4 is 44.8 Å². The first-order valence-corrected chi connectivity index (χ1v) is 10.9. The largest absolute Gasteiger partial charge is 0.326 e. The lowest BCUT2D eigenvalue weighted by molar-refractivity contribution is -0.115. The number of amides is 1. The Morgan fingerprint density at radius 3 is 2.15 bits per heavy atom. The van der Waals surface area contributed by atoms with E-state index in [1.165, 1.54) is 16.4 Å². The Labute approximate surface area is 169 Å². The minimum atomic E-state index is -3.48. The van der Waals surface area contributed by atoms with Crippen LogP contribution >= 0.6 is 23.2 Å². The van der Waals surface area contributed by atoms with Crippen LogP contribution in [0.4, 0.5) is 5.69 Å². The summed E-state index contributed by atoms with van der Waals surface area (Å²) in [6.45, 7) is 1.11. The highest BCUT2D eigenvalue weighted by molar-refractivity contribution is 7.89. The molecule has 1 saturated heterocycles. The summed E-state index contributed by atoms with van der Waals surface area (Å²) in [7, 11) is -3.48. The zero-order chi connectivity index (χ0) is 19.4. The molecule has 0 aliphatic carbocycles. The third kappa shape index (κ3) is 4.82. The van der Waals surface area contributed by atoms with Crippen molar-refractivity contribution in [3.63, 3.8) is 0 Å². The van der Waals surface area contributed by atoms with Gasteiger partial charge in [-0.3, -0.25) is 4.79 Å². The zero-order valence-electron chi connectivity index (χ0n) is 14.6. The molecule has 1 heterocycles. The minimum Gasteiger partial charge on any atom is -0.326 e. The normalized spacial score (nSPS) is 15.5. The van der Waals surface area contributed by atoms with Crippen LogP contribution in [0.5, 0.6) is 0 Å². The first-order valence-electron chi connectivity index (χ1n) is 8.71. The second-order valence-electron chi connectivity index (χ2n) is 6.41. The van der Waals surface area contributed by atoms with Crippen LogP contribution in [0.3, 0.4) is 0 Å². The zero-order valence-corrected chi connectivity index (χ0v) is 16.9. The van der Waals surface area contributed by atoms with Crippen molar-refractivity contribution in [3.8, 4) is 0 Å². The minimum absolute atomic E-state index is 0.0341. The number of hydrogen-bond acceptors (Lipinski definition) is 3. The average molecular weight is 427 g/mol. The molecule has 3 rings (SSSR count). The number of benzene rings is 2. The molecule has 2 aromatic carbocycles. The number of piperidine rings is 1. The molecule has 0 radical (unpaired) electrons. The van der Waals surface area contributed by atoms with Crippen LogP contribution in [0, 0.1) is 0 Å². The van der Waals surface area contributed by atoms with Gasteiger partial charge in [0.2, 0.25) is 15.9 Å². The number of nitrogens with zero attached hydrogens (tertiary/aromatic N) is 1. The number of carbonyl (C=O) groups excluding carboxylic acids is 1. The summed E-state index contributed by atoms with van der Waals surface area (Å²) in [5.41, 5.74) is 1.07. The van der Waals surface area contributed by atoms with E-state index < -0.39 is 10.0 Å². The van der Waals surface area contributed by atoms with E-state index in [2.05, 4.69) is 5.32 Å². The molecule has 8 heteroatoms. The highest BCUT2D eigenvalue weighted by Crippen LogP contribution is 2.25. The van der Waals surface area contributed by atoms with Gasteiger partial charge in [-0.25, -0.2) is 8.42 Å². The van der Waals surface area contributed by atoms with Crippen molar-refractivity contribution in [2.75, 3.05) is 18.4 Å². The standard InChI is InChI=1S/C19H20Cl2N2O3S/c20-17-5-4-6-18(21)16(17)13-19(24)22-14-7-9-15(10-8-14)27(25,26)23-11-2-1-3-12-23/h4-10H,1-3,11-13H2,(H,22,24). The lowest BCUT2D eigenvalue weighted by Gasteiger charge is -2.25. The molecule has 2 aromatic rings. The van der Waals surface area contributed by atoms with Crippen molar-refractivity contribution in [2.45, 2.75) is 30.6 Å². The number of nitrogens with one attached hydrogen (secondary N) is 1. The van der Waals surface area contributed by atoms with Gasteiger partial charge < -0.3 is 5.32 Å². The molecule has 0 bridgehead atoms. The second-order valence-corrected chi connectivity index (χ2v) is 9.17. The second kappa shape index (κ2) is 8.61. The Kier molecular flexibility index (Phi) is 6.42. The molecular weight excluding hydrogens is 407 g/mol. The average Bonchev–Trinajstić information content (AvgIpc) is 2.66. The molecule has 144 valence electrons. The van der Waals surface area contributed by atoms with E-state index in [0.29, 0.717) is 34.4 Å². The highest BCUT2D eigenvalue weighted by Gasteiger charge is 2.25. The fraction of sp³-hybridized carbons (Fsp3) is 0.316. The van der Waals surface area contributed by atoms with Gasteiger partial charge in [-0.1, -0.05) is 35.7 Å². The Balaban J connectivity index is 1.68. The summed E-state index contributed by atoms with van der Waals surface area (Å²) in [5.74, 6) is -0.281. The number of anilines is 1. The predicted molar refractivity (Wildman–Crippen MR) is 108 cm³/mol. The lowest BCUT2D eigenvalue weighted by atomic mass is 10.1. The van der Waals surface area contributed by atoms with E-state index in [9.17, 15) is 13.2 Å². The molecule has 0 saturated carbocycles. The summed E-state index contributed by atoms with van der Waals surface area (Å²) >= 11 is 12.2. The molecule has 0 aromatic heterocycles. The van der Waals surface area contributed by atoms with Crippen LogP contribution < -0.4 is 5.32 Å². The van der Waals surface area contributed by atoms with Crippen LogP contribution in [0.2, 0.25) is 10.0 Å². The number of rotatable bonds is 5. The summed E-state index contributed by atoms with van der Waals surface area (Å²) in [5, 5.41) is 3.60. The predicted octanol–water partition coefficient (Wildman–Crippen LogP) is 4.35. The summed E-state index contributed by atoms with van der Waals surface area (Å²) in [6.07, 6.45) is 2.87. The Hall–Kier alpha value is -1.60. The molecule has 0 atom stereocenters. The maximum Gasteiger partial charge on any atom is 0.243 e. The van der Waals surface area contributed by atoms with Crippen LogP contribution in [0.15, 0.2) is 47.4 Å². The molecule has 1 N–H and O–H groups in total. The lowest BCUT2D eigenvalue weighted by Crippen LogP contribution is -2.35. The quantitative estimate of drug-likeness (QED) is 0.772. The number of hydrogen-bond donors (Lipinski definition) is 1. The number of carbonyl (C=O) groups is 1. The monoisotopic (exact) mass is 426 g/mol. The molecule has 0 spiro atoms. The summed E-state index contributed by atoms with van der Waals surface area (Å²) in [6, 6.07) is 11.3. The third-order valence-electron chi connectivity index (χ3n) is 4.49. The Bertz CT molecular complexity index is 904. The van der Waals surface area contributed by atoms with E-state index in [1.807, 2.05) is 0 Å². The SMILES string of the molecule is O=C(Cc1c(Cl)cccc1Cl)Nc1ccc(S(=O)(=O)N2CCCCC2)cc1. The molecule has 1 aliphatic heterocycles. The Morgan fingerprint density at radius 1 is 0.963 bits per heavy atom. The van der Waals surface area contributed by atoms with Crippen molar-refractivity contribution < 1.29 is 13.2 Å². The van der Waals surface area contributed by atoms with Gasteiger partial charge in [-0.2, -0.15) is 4.31 Å². The molecule has 1 aliphatic rings. The summed E-state index contributed by atoms with van der Waals surface area (Å²) < 4.78 is 26.8. The van der Waals surface area contributed by atoms with E-state index >= 15 is 0 Å². The number of sulfonamides is 1. The van der Waals surface area contributed by atoms with Crippen LogP contribution in [-0.4, -0.2) is 31.7 Å². The fourth-order valence-corrected chi connectivity index (χ4v) is 5.08. The van der Waals surface area contributed by atoms with E-state index in [-0.39, 0.29) is 17.2 Å². The first kappa shape index (κ1) is 20.1. The molecule has 1 amide bonds. The topological polar surface area (TPSA) is 66.5 Å².